The van der Waals surface area contributed by atoms with Gasteiger partial charge in [0.25, 0.3) is 5.22 Å². The highest BCUT2D eigenvalue weighted by atomic mass is 32.2. The summed E-state index contributed by atoms with van der Waals surface area (Å²) >= 11 is 1.23. The molecule has 0 unspecified atom stereocenters. The molecule has 0 bridgehead atoms. The second kappa shape index (κ2) is 8.52. The van der Waals surface area contributed by atoms with Gasteiger partial charge in [0.05, 0.1) is 12.0 Å². The van der Waals surface area contributed by atoms with Crippen LogP contribution in [-0.4, -0.2) is 53.5 Å². The number of rotatable bonds is 6. The molecule has 2 heterocycles. The largest absolute Gasteiger partial charge is 0.411 e. The Balaban J connectivity index is 1.60. The van der Waals surface area contributed by atoms with E-state index in [9.17, 15) is 13.2 Å². The van der Waals surface area contributed by atoms with E-state index in [1.807, 2.05) is 4.90 Å². The molecule has 1 amide bonds. The van der Waals surface area contributed by atoms with E-state index in [1.165, 1.54) is 11.8 Å². The summed E-state index contributed by atoms with van der Waals surface area (Å²) in [4.78, 5) is 14.5. The molecule has 1 N–H and O–H groups in total. The Morgan fingerprint density at radius 1 is 1.21 bits per heavy atom. The summed E-state index contributed by atoms with van der Waals surface area (Å²) in [5.41, 5.74) is 1.12. The molecular weight excluding hydrogens is 400 g/mol. The molecular formula is C18H24N4O4S2. The Bertz CT molecular complexity index is 917. The number of piperidine rings is 1. The van der Waals surface area contributed by atoms with Gasteiger partial charge in [-0.1, -0.05) is 11.8 Å². The minimum Gasteiger partial charge on any atom is -0.411 e. The fourth-order valence-corrected chi connectivity index (χ4v) is 4.59. The first kappa shape index (κ1) is 20.7. The Labute approximate surface area is 169 Å². The zero-order chi connectivity index (χ0) is 20.3. The fourth-order valence-electron chi connectivity index (χ4n) is 3.39. The highest BCUT2D eigenvalue weighted by Crippen LogP contribution is 2.27. The van der Waals surface area contributed by atoms with Crippen LogP contribution in [0.3, 0.4) is 0 Å². The van der Waals surface area contributed by atoms with Gasteiger partial charge in [-0.15, -0.1) is 10.2 Å². The summed E-state index contributed by atoms with van der Waals surface area (Å²) in [7, 11) is -3.32. The fraction of sp³-hybridized carbons (Fsp3) is 0.500. The van der Waals surface area contributed by atoms with Crippen LogP contribution in [0.2, 0.25) is 0 Å². The molecule has 0 spiro atoms. The molecule has 2 atom stereocenters. The molecule has 0 saturated carbocycles. The van der Waals surface area contributed by atoms with Crippen molar-refractivity contribution >= 4 is 33.4 Å². The summed E-state index contributed by atoms with van der Waals surface area (Å²) in [5, 5.41) is 8.34. The molecule has 1 aromatic carbocycles. The third-order valence-corrected chi connectivity index (χ3v) is 6.05. The van der Waals surface area contributed by atoms with E-state index < -0.39 is 10.0 Å². The molecule has 0 aliphatic carbocycles. The summed E-state index contributed by atoms with van der Waals surface area (Å²) in [5.74, 6) is 0.661. The van der Waals surface area contributed by atoms with Crippen LogP contribution in [0.5, 0.6) is 0 Å². The Morgan fingerprint density at radius 3 is 2.46 bits per heavy atom. The highest BCUT2D eigenvalue weighted by Gasteiger charge is 2.29. The molecule has 1 aliphatic rings. The van der Waals surface area contributed by atoms with Gasteiger partial charge in [0, 0.05) is 23.3 Å². The molecule has 28 heavy (non-hydrogen) atoms. The number of nitrogens with one attached hydrogen (secondary N) is 1. The van der Waals surface area contributed by atoms with Gasteiger partial charge in [-0.25, -0.2) is 8.42 Å². The number of likely N-dealkylation sites (tertiary alicyclic amines) is 1. The quantitative estimate of drug-likeness (QED) is 0.711. The van der Waals surface area contributed by atoms with Crippen molar-refractivity contribution < 1.29 is 17.6 Å². The molecule has 152 valence electrons. The molecule has 0 radical (unpaired) electrons. The van der Waals surface area contributed by atoms with E-state index in [0.29, 0.717) is 22.4 Å². The van der Waals surface area contributed by atoms with Crippen LogP contribution in [0, 0.1) is 0 Å². The van der Waals surface area contributed by atoms with Crippen molar-refractivity contribution in [2.45, 2.75) is 50.4 Å². The van der Waals surface area contributed by atoms with Gasteiger partial charge in [0.2, 0.25) is 21.8 Å². The van der Waals surface area contributed by atoms with Gasteiger partial charge in [0.1, 0.15) is 0 Å². The zero-order valence-electron chi connectivity index (χ0n) is 16.1. The third-order valence-electron chi connectivity index (χ3n) is 4.64. The van der Waals surface area contributed by atoms with E-state index in [1.54, 1.807) is 24.3 Å². The maximum atomic E-state index is 12.6. The number of nitrogens with zero attached hydrogens (tertiary/aromatic N) is 3. The minimum absolute atomic E-state index is 0.0839. The lowest BCUT2D eigenvalue weighted by molar-refractivity contribution is -0.134. The van der Waals surface area contributed by atoms with E-state index in [-0.39, 0.29) is 23.7 Å². The number of hydrogen-bond acceptors (Lipinski definition) is 7. The lowest BCUT2D eigenvalue weighted by Gasteiger charge is -2.39. The number of carbonyl (C=O) groups excluding carboxylic acids is 1. The number of carbonyl (C=O) groups is 1. The first-order valence-corrected chi connectivity index (χ1v) is 12.0. The normalized spacial score (nSPS) is 20.2. The predicted molar refractivity (Wildman–Crippen MR) is 109 cm³/mol. The van der Waals surface area contributed by atoms with Crippen molar-refractivity contribution in [1.29, 1.82) is 0 Å². The molecule has 1 saturated heterocycles. The smallest absolute Gasteiger partial charge is 0.277 e. The summed E-state index contributed by atoms with van der Waals surface area (Å²) in [6, 6.07) is 7.14. The lowest BCUT2D eigenvalue weighted by atomic mass is 9.98. The van der Waals surface area contributed by atoms with Crippen LogP contribution >= 0.6 is 11.8 Å². The summed E-state index contributed by atoms with van der Waals surface area (Å²) in [6.45, 7) is 4.18. The number of thioether (sulfide) groups is 1. The van der Waals surface area contributed by atoms with Gasteiger partial charge >= 0.3 is 0 Å². The molecule has 1 aromatic heterocycles. The van der Waals surface area contributed by atoms with Crippen molar-refractivity contribution in [3.8, 4) is 11.5 Å². The van der Waals surface area contributed by atoms with Crippen molar-refractivity contribution in [3.05, 3.63) is 24.3 Å². The number of anilines is 1. The van der Waals surface area contributed by atoms with E-state index in [2.05, 4.69) is 28.8 Å². The average molecular weight is 425 g/mol. The van der Waals surface area contributed by atoms with E-state index in [4.69, 9.17) is 4.42 Å². The van der Waals surface area contributed by atoms with Gasteiger partial charge in [-0.05, 0) is 57.4 Å². The van der Waals surface area contributed by atoms with Crippen LogP contribution in [0.15, 0.2) is 33.9 Å². The van der Waals surface area contributed by atoms with Crippen LogP contribution in [0.1, 0.15) is 33.1 Å². The molecule has 1 aliphatic heterocycles. The van der Waals surface area contributed by atoms with Gasteiger partial charge in [0.15, 0.2) is 0 Å². The summed E-state index contributed by atoms with van der Waals surface area (Å²) < 4.78 is 30.5. The van der Waals surface area contributed by atoms with Crippen LogP contribution < -0.4 is 4.72 Å². The van der Waals surface area contributed by atoms with Crippen molar-refractivity contribution in [2.24, 2.45) is 0 Å². The topological polar surface area (TPSA) is 105 Å². The number of aromatic nitrogens is 2. The van der Waals surface area contributed by atoms with Gasteiger partial charge in [-0.3, -0.25) is 9.52 Å². The maximum Gasteiger partial charge on any atom is 0.277 e. The number of sulfonamides is 1. The molecule has 3 rings (SSSR count). The first-order valence-electron chi connectivity index (χ1n) is 9.08. The molecule has 8 nitrogen and oxygen atoms in total. The first-order chi connectivity index (χ1) is 13.2. The van der Waals surface area contributed by atoms with Gasteiger partial charge in [-0.2, -0.15) is 0 Å². The summed E-state index contributed by atoms with van der Waals surface area (Å²) in [6.07, 6.45) is 4.32. The number of hydrogen-bond donors (Lipinski definition) is 1. The Kier molecular flexibility index (Phi) is 6.29. The van der Waals surface area contributed by atoms with Crippen LogP contribution in [-0.2, 0) is 14.8 Å². The molecule has 2 aromatic rings. The monoisotopic (exact) mass is 424 g/mol. The predicted octanol–water partition coefficient (Wildman–Crippen LogP) is 2.99. The zero-order valence-corrected chi connectivity index (χ0v) is 17.7. The number of amides is 1. The molecule has 10 heteroatoms. The SMILES string of the molecule is C[C@@H]1CCC[C@H](C)N1C(=O)CSc1nnc(-c2ccc(NS(C)(=O)=O)cc2)o1. The van der Waals surface area contributed by atoms with Crippen molar-refractivity contribution in [2.75, 3.05) is 16.7 Å². The van der Waals surface area contributed by atoms with Crippen LogP contribution in [0.4, 0.5) is 5.69 Å². The third kappa shape index (κ3) is 5.26. The second-order valence-corrected chi connectivity index (χ2v) is 9.72. The van der Waals surface area contributed by atoms with Gasteiger partial charge < -0.3 is 9.32 Å². The highest BCUT2D eigenvalue weighted by molar-refractivity contribution is 7.99. The standard InChI is InChI=1S/C18H24N4O4S2/c1-12-5-4-6-13(2)22(12)16(23)11-27-18-20-19-17(26-18)14-7-9-15(10-8-14)21-28(3,24)25/h7-10,12-13,21H,4-6,11H2,1-3H3/t12-,13+. The minimum atomic E-state index is -3.32. The van der Waals surface area contributed by atoms with Crippen molar-refractivity contribution in [3.63, 3.8) is 0 Å². The maximum absolute atomic E-state index is 12.6. The Hall–Kier alpha value is -2.07. The van der Waals surface area contributed by atoms with Crippen molar-refractivity contribution in [1.82, 2.24) is 15.1 Å². The lowest BCUT2D eigenvalue weighted by Crippen LogP contribution is -2.48. The van der Waals surface area contributed by atoms with E-state index >= 15 is 0 Å². The second-order valence-electron chi connectivity index (χ2n) is 7.04. The number of benzene rings is 1. The molecule has 1 fully saturated rings. The average Bonchev–Trinajstić information content (AvgIpc) is 3.08. The Morgan fingerprint density at radius 2 is 1.86 bits per heavy atom. The van der Waals surface area contributed by atoms with E-state index in [0.717, 1.165) is 25.5 Å². The van der Waals surface area contributed by atoms with Crippen LogP contribution in [0.25, 0.3) is 11.5 Å².